The summed E-state index contributed by atoms with van der Waals surface area (Å²) in [4.78, 5) is 26.8. The minimum Gasteiger partial charge on any atom is -0.493 e. The van der Waals surface area contributed by atoms with Gasteiger partial charge in [-0.2, -0.15) is 0 Å². The van der Waals surface area contributed by atoms with Crippen LogP contribution in [0.5, 0.6) is 5.75 Å². The van der Waals surface area contributed by atoms with Crippen LogP contribution in [0.25, 0.3) is 5.57 Å². The molecule has 140 valence electrons. The number of rotatable bonds is 5. The molecule has 0 N–H and O–H groups in total. The quantitative estimate of drug-likeness (QED) is 0.692. The molecule has 0 saturated heterocycles. The molecule has 1 aliphatic rings. The van der Waals surface area contributed by atoms with E-state index in [9.17, 15) is 9.59 Å². The van der Waals surface area contributed by atoms with Crippen LogP contribution >= 0.6 is 11.6 Å². The standard InChI is InChI=1S/C22H22ClNO3/c1-13(2)12-27-17-8-6-16(7-9-17)19-20(23)22(26)24(21(19)25)18-10-5-14(3)11-15(18)4/h5-11,13H,12H2,1-4H3. The Morgan fingerprint density at radius 1 is 1.00 bits per heavy atom. The number of halogens is 1. The van der Waals surface area contributed by atoms with Crippen LogP contribution in [0, 0.1) is 19.8 Å². The molecule has 27 heavy (non-hydrogen) atoms. The van der Waals surface area contributed by atoms with Crippen molar-refractivity contribution in [3.63, 3.8) is 0 Å². The fourth-order valence-corrected chi connectivity index (χ4v) is 3.28. The highest BCUT2D eigenvalue weighted by atomic mass is 35.5. The van der Waals surface area contributed by atoms with Crippen LogP contribution in [0.15, 0.2) is 47.5 Å². The highest BCUT2D eigenvalue weighted by molar-refractivity contribution is 6.60. The van der Waals surface area contributed by atoms with Crippen LogP contribution in [0.4, 0.5) is 5.69 Å². The number of imide groups is 1. The van der Waals surface area contributed by atoms with E-state index in [1.54, 1.807) is 30.3 Å². The third-order valence-corrected chi connectivity index (χ3v) is 4.70. The molecule has 4 nitrogen and oxygen atoms in total. The van der Waals surface area contributed by atoms with Gasteiger partial charge in [0.25, 0.3) is 11.8 Å². The van der Waals surface area contributed by atoms with Gasteiger partial charge in [-0.15, -0.1) is 0 Å². The van der Waals surface area contributed by atoms with Crippen molar-refractivity contribution in [2.75, 3.05) is 11.5 Å². The van der Waals surface area contributed by atoms with Crippen molar-refractivity contribution >= 4 is 34.7 Å². The molecule has 0 fully saturated rings. The lowest BCUT2D eigenvalue weighted by molar-refractivity contribution is -0.119. The fraction of sp³-hybridized carbons (Fsp3) is 0.273. The zero-order valence-electron chi connectivity index (χ0n) is 15.9. The third-order valence-electron chi connectivity index (χ3n) is 4.35. The van der Waals surface area contributed by atoms with E-state index in [4.69, 9.17) is 16.3 Å². The Morgan fingerprint density at radius 2 is 1.67 bits per heavy atom. The van der Waals surface area contributed by atoms with E-state index >= 15 is 0 Å². The summed E-state index contributed by atoms with van der Waals surface area (Å²) in [5.41, 5.74) is 3.28. The molecular weight excluding hydrogens is 362 g/mol. The number of anilines is 1. The van der Waals surface area contributed by atoms with Crippen molar-refractivity contribution in [3.05, 3.63) is 64.2 Å². The molecule has 0 radical (unpaired) electrons. The number of hydrogen-bond acceptors (Lipinski definition) is 3. The van der Waals surface area contributed by atoms with E-state index in [1.165, 1.54) is 0 Å². The smallest absolute Gasteiger partial charge is 0.277 e. The first kappa shape index (κ1) is 19.2. The van der Waals surface area contributed by atoms with Gasteiger partial charge in [0.1, 0.15) is 10.8 Å². The van der Waals surface area contributed by atoms with Gasteiger partial charge in [0.05, 0.1) is 17.9 Å². The number of carbonyl (C=O) groups is 2. The van der Waals surface area contributed by atoms with E-state index < -0.39 is 11.8 Å². The first-order valence-electron chi connectivity index (χ1n) is 8.88. The molecule has 0 aliphatic carbocycles. The molecule has 2 aromatic carbocycles. The van der Waals surface area contributed by atoms with E-state index in [0.717, 1.165) is 16.0 Å². The Kier molecular flexibility index (Phi) is 5.38. The lowest BCUT2D eigenvalue weighted by Crippen LogP contribution is -2.31. The second-order valence-electron chi connectivity index (χ2n) is 7.15. The van der Waals surface area contributed by atoms with Gasteiger partial charge in [0.2, 0.25) is 0 Å². The molecular formula is C22H22ClNO3. The first-order valence-corrected chi connectivity index (χ1v) is 9.26. The Hall–Kier alpha value is -2.59. The summed E-state index contributed by atoms with van der Waals surface area (Å²) in [6.07, 6.45) is 0. The lowest BCUT2D eigenvalue weighted by Gasteiger charge is -2.18. The molecule has 5 heteroatoms. The van der Waals surface area contributed by atoms with Gasteiger partial charge >= 0.3 is 0 Å². The van der Waals surface area contributed by atoms with Gasteiger partial charge in [-0.05, 0) is 49.1 Å². The van der Waals surface area contributed by atoms with Crippen molar-refractivity contribution in [2.24, 2.45) is 5.92 Å². The molecule has 0 spiro atoms. The van der Waals surface area contributed by atoms with Gasteiger partial charge in [-0.1, -0.05) is 55.3 Å². The van der Waals surface area contributed by atoms with Crippen LogP contribution in [-0.2, 0) is 9.59 Å². The second-order valence-corrected chi connectivity index (χ2v) is 7.53. The molecule has 1 aliphatic heterocycles. The predicted molar refractivity (Wildman–Crippen MR) is 108 cm³/mol. The summed E-state index contributed by atoms with van der Waals surface area (Å²) in [7, 11) is 0. The van der Waals surface area contributed by atoms with Crippen molar-refractivity contribution in [1.29, 1.82) is 0 Å². The number of carbonyl (C=O) groups excluding carboxylic acids is 2. The zero-order chi connectivity index (χ0) is 19.7. The number of hydrogen-bond donors (Lipinski definition) is 0. The van der Waals surface area contributed by atoms with Gasteiger partial charge < -0.3 is 4.74 Å². The van der Waals surface area contributed by atoms with Gasteiger partial charge in [0, 0.05) is 0 Å². The van der Waals surface area contributed by atoms with E-state index in [0.29, 0.717) is 29.5 Å². The summed E-state index contributed by atoms with van der Waals surface area (Å²) in [6.45, 7) is 8.59. The molecule has 0 aromatic heterocycles. The maximum Gasteiger partial charge on any atom is 0.277 e. The van der Waals surface area contributed by atoms with Gasteiger partial charge in [-0.25, -0.2) is 4.90 Å². The van der Waals surface area contributed by atoms with Crippen LogP contribution < -0.4 is 9.64 Å². The van der Waals surface area contributed by atoms with Crippen LogP contribution in [0.3, 0.4) is 0 Å². The van der Waals surface area contributed by atoms with Crippen molar-refractivity contribution < 1.29 is 14.3 Å². The first-order chi connectivity index (χ1) is 12.8. The average molecular weight is 384 g/mol. The Balaban J connectivity index is 1.90. The predicted octanol–water partition coefficient (Wildman–Crippen LogP) is 4.86. The minimum absolute atomic E-state index is 0.0594. The van der Waals surface area contributed by atoms with Crippen molar-refractivity contribution in [2.45, 2.75) is 27.7 Å². The lowest BCUT2D eigenvalue weighted by atomic mass is 10.1. The molecule has 0 bridgehead atoms. The van der Waals surface area contributed by atoms with Crippen LogP contribution in [-0.4, -0.2) is 18.4 Å². The largest absolute Gasteiger partial charge is 0.493 e. The van der Waals surface area contributed by atoms with Crippen LogP contribution in [0.1, 0.15) is 30.5 Å². The molecule has 2 aromatic rings. The Labute approximate surface area is 164 Å². The number of amides is 2. The summed E-state index contributed by atoms with van der Waals surface area (Å²) in [5, 5.41) is -0.0594. The molecule has 0 atom stereocenters. The highest BCUT2D eigenvalue weighted by Crippen LogP contribution is 2.36. The normalized spacial score (nSPS) is 14.5. The minimum atomic E-state index is -0.497. The summed E-state index contributed by atoms with van der Waals surface area (Å²) >= 11 is 6.27. The number of nitrogens with zero attached hydrogens (tertiary/aromatic N) is 1. The average Bonchev–Trinajstić information content (AvgIpc) is 2.84. The number of benzene rings is 2. The molecule has 3 rings (SSSR count). The fourth-order valence-electron chi connectivity index (χ4n) is 3.01. The van der Waals surface area contributed by atoms with Gasteiger partial charge in [-0.3, -0.25) is 9.59 Å². The summed E-state index contributed by atoms with van der Waals surface area (Å²) in [6, 6.07) is 12.7. The Bertz CT molecular complexity index is 929. The summed E-state index contributed by atoms with van der Waals surface area (Å²) in [5.74, 6) is 0.228. The van der Waals surface area contributed by atoms with E-state index in [1.807, 2.05) is 26.0 Å². The van der Waals surface area contributed by atoms with Crippen molar-refractivity contribution in [3.8, 4) is 5.75 Å². The monoisotopic (exact) mass is 383 g/mol. The number of ether oxygens (including phenoxy) is 1. The van der Waals surface area contributed by atoms with E-state index in [-0.39, 0.29) is 10.6 Å². The topological polar surface area (TPSA) is 46.6 Å². The van der Waals surface area contributed by atoms with Crippen LogP contribution in [0.2, 0.25) is 0 Å². The second kappa shape index (κ2) is 7.57. The molecule has 2 amide bonds. The van der Waals surface area contributed by atoms with E-state index in [2.05, 4.69) is 13.8 Å². The zero-order valence-corrected chi connectivity index (χ0v) is 16.6. The third kappa shape index (κ3) is 3.76. The highest BCUT2D eigenvalue weighted by Gasteiger charge is 2.39. The maximum atomic E-state index is 13.0. The summed E-state index contributed by atoms with van der Waals surface area (Å²) < 4.78 is 5.67. The Morgan fingerprint density at radius 3 is 2.26 bits per heavy atom. The molecule has 0 saturated carbocycles. The van der Waals surface area contributed by atoms with Crippen molar-refractivity contribution in [1.82, 2.24) is 0 Å². The molecule has 0 unspecified atom stereocenters. The molecule has 1 heterocycles. The van der Waals surface area contributed by atoms with Gasteiger partial charge in [0.15, 0.2) is 0 Å². The SMILES string of the molecule is Cc1ccc(N2C(=O)C(Cl)=C(c3ccc(OCC(C)C)cc3)C2=O)c(C)c1. The number of aryl methyl sites for hydroxylation is 2. The maximum absolute atomic E-state index is 13.0.